The van der Waals surface area contributed by atoms with E-state index in [0.717, 1.165) is 19.3 Å². The van der Waals surface area contributed by atoms with Gasteiger partial charge in [-0.1, -0.05) is 0 Å². The van der Waals surface area contributed by atoms with Gasteiger partial charge in [0.05, 0.1) is 11.7 Å². The number of aldehydes is 1. The van der Waals surface area contributed by atoms with Crippen molar-refractivity contribution in [3.05, 3.63) is 29.7 Å². The van der Waals surface area contributed by atoms with Crippen LogP contribution in [-0.2, 0) is 4.74 Å². The monoisotopic (exact) mass is 248 g/mol. The Morgan fingerprint density at radius 3 is 3.06 bits per heavy atom. The Hall–Kier alpha value is -1.75. The van der Waals surface area contributed by atoms with Crippen molar-refractivity contribution in [2.24, 2.45) is 0 Å². The second-order valence-corrected chi connectivity index (χ2v) is 4.46. The first-order valence-electron chi connectivity index (χ1n) is 6.03. The Balaban J connectivity index is 2.12. The van der Waals surface area contributed by atoms with Crippen LogP contribution in [0.1, 0.15) is 35.8 Å². The van der Waals surface area contributed by atoms with Crippen molar-refractivity contribution in [1.29, 1.82) is 0 Å². The maximum Gasteiger partial charge on any atom is 0.150 e. The summed E-state index contributed by atoms with van der Waals surface area (Å²) in [6.45, 7) is 0.696. The third kappa shape index (κ3) is 1.80. The van der Waals surface area contributed by atoms with Gasteiger partial charge in [0.25, 0.3) is 0 Å². The highest BCUT2D eigenvalue weighted by Crippen LogP contribution is 2.27. The van der Waals surface area contributed by atoms with Gasteiger partial charge in [-0.05, 0) is 31.4 Å². The Labute approximate surface area is 103 Å². The van der Waals surface area contributed by atoms with Crippen molar-refractivity contribution < 1.29 is 13.9 Å². The van der Waals surface area contributed by atoms with Crippen molar-refractivity contribution in [2.75, 3.05) is 6.61 Å². The number of hydrogen-bond acceptors (Lipinski definition) is 3. The molecule has 4 nitrogen and oxygen atoms in total. The predicted molar refractivity (Wildman–Crippen MR) is 63.9 cm³/mol. The Morgan fingerprint density at radius 2 is 2.33 bits per heavy atom. The second-order valence-electron chi connectivity index (χ2n) is 4.46. The smallest absolute Gasteiger partial charge is 0.150 e. The van der Waals surface area contributed by atoms with E-state index in [2.05, 4.69) is 5.10 Å². The van der Waals surface area contributed by atoms with Crippen LogP contribution in [0.4, 0.5) is 4.39 Å². The minimum Gasteiger partial charge on any atom is -0.356 e. The van der Waals surface area contributed by atoms with Crippen molar-refractivity contribution in [1.82, 2.24) is 9.78 Å². The summed E-state index contributed by atoms with van der Waals surface area (Å²) in [7, 11) is 0. The molecule has 0 spiro atoms. The molecule has 2 aromatic rings. The molecule has 1 atom stereocenters. The zero-order chi connectivity index (χ0) is 12.5. The summed E-state index contributed by atoms with van der Waals surface area (Å²) < 4.78 is 20.8. The van der Waals surface area contributed by atoms with E-state index in [1.807, 2.05) is 0 Å². The summed E-state index contributed by atoms with van der Waals surface area (Å²) in [5.41, 5.74) is 0.941. The minimum atomic E-state index is -0.429. The first-order valence-corrected chi connectivity index (χ1v) is 6.03. The number of nitrogens with zero attached hydrogens (tertiary/aromatic N) is 2. The number of rotatable bonds is 2. The molecule has 1 aromatic heterocycles. The fourth-order valence-corrected chi connectivity index (χ4v) is 2.38. The third-order valence-electron chi connectivity index (χ3n) is 3.27. The van der Waals surface area contributed by atoms with E-state index in [1.165, 1.54) is 12.1 Å². The predicted octanol–water partition coefficient (Wildman–Crippen LogP) is 2.69. The summed E-state index contributed by atoms with van der Waals surface area (Å²) in [6.07, 6.45) is 5.07. The number of aromatic nitrogens is 2. The minimum absolute atomic E-state index is 0.155. The molecule has 1 aliphatic rings. The van der Waals surface area contributed by atoms with Crippen LogP contribution in [0.3, 0.4) is 0 Å². The molecule has 2 heterocycles. The van der Waals surface area contributed by atoms with E-state index in [0.29, 0.717) is 29.4 Å². The number of carbonyl (C=O) groups is 1. The van der Waals surface area contributed by atoms with Gasteiger partial charge in [0.1, 0.15) is 5.82 Å². The van der Waals surface area contributed by atoms with Crippen LogP contribution < -0.4 is 0 Å². The summed E-state index contributed by atoms with van der Waals surface area (Å²) >= 11 is 0. The normalized spacial score (nSPS) is 20.2. The zero-order valence-corrected chi connectivity index (χ0v) is 9.80. The number of halogens is 1. The van der Waals surface area contributed by atoms with Gasteiger partial charge < -0.3 is 4.74 Å². The molecule has 0 radical (unpaired) electrons. The molecule has 1 aliphatic heterocycles. The van der Waals surface area contributed by atoms with Gasteiger partial charge in [-0.15, -0.1) is 0 Å². The van der Waals surface area contributed by atoms with E-state index in [1.54, 1.807) is 10.9 Å². The largest absolute Gasteiger partial charge is 0.356 e. The summed E-state index contributed by atoms with van der Waals surface area (Å²) in [5, 5.41) is 4.90. The van der Waals surface area contributed by atoms with Gasteiger partial charge in [-0.3, -0.25) is 4.79 Å². The molecule has 18 heavy (non-hydrogen) atoms. The van der Waals surface area contributed by atoms with Crippen molar-refractivity contribution >= 4 is 17.2 Å². The molecule has 1 saturated heterocycles. The molecule has 0 bridgehead atoms. The number of carbonyl (C=O) groups excluding carboxylic acids is 1. The Kier molecular flexibility index (Phi) is 2.83. The van der Waals surface area contributed by atoms with Gasteiger partial charge in [0, 0.05) is 17.6 Å². The van der Waals surface area contributed by atoms with E-state index in [-0.39, 0.29) is 6.23 Å². The second kappa shape index (κ2) is 4.49. The fraction of sp³-hybridized carbons (Fsp3) is 0.385. The van der Waals surface area contributed by atoms with Gasteiger partial charge >= 0.3 is 0 Å². The average molecular weight is 248 g/mol. The lowest BCUT2D eigenvalue weighted by atomic mass is 10.1. The van der Waals surface area contributed by atoms with E-state index < -0.39 is 5.82 Å². The van der Waals surface area contributed by atoms with Crippen LogP contribution in [0.5, 0.6) is 0 Å². The standard InChI is InChI=1S/C13H13FN2O2/c14-10-5-9(8-17)11-7-15-16(12(11)6-10)13-3-1-2-4-18-13/h5-8,13H,1-4H2. The average Bonchev–Trinajstić information content (AvgIpc) is 2.82. The number of hydrogen-bond donors (Lipinski definition) is 0. The molecule has 0 saturated carbocycles. The Morgan fingerprint density at radius 1 is 1.44 bits per heavy atom. The first-order chi connectivity index (χ1) is 8.79. The molecule has 0 amide bonds. The van der Waals surface area contributed by atoms with Crippen LogP contribution in [0, 0.1) is 5.82 Å². The Bertz CT molecular complexity index is 588. The van der Waals surface area contributed by atoms with Crippen molar-refractivity contribution in [3.63, 3.8) is 0 Å². The highest BCUT2D eigenvalue weighted by Gasteiger charge is 2.19. The van der Waals surface area contributed by atoms with Gasteiger partial charge in [-0.2, -0.15) is 5.10 Å². The van der Waals surface area contributed by atoms with Crippen LogP contribution in [0.2, 0.25) is 0 Å². The fourth-order valence-electron chi connectivity index (χ4n) is 2.38. The maximum absolute atomic E-state index is 13.5. The van der Waals surface area contributed by atoms with E-state index in [9.17, 15) is 9.18 Å². The molecule has 1 fully saturated rings. The molecule has 3 rings (SSSR count). The van der Waals surface area contributed by atoms with Crippen LogP contribution in [0.15, 0.2) is 18.3 Å². The zero-order valence-electron chi connectivity index (χ0n) is 9.80. The lowest BCUT2D eigenvalue weighted by Crippen LogP contribution is -2.19. The molecular weight excluding hydrogens is 235 g/mol. The number of benzene rings is 1. The summed E-state index contributed by atoms with van der Waals surface area (Å²) in [6, 6.07) is 2.62. The topological polar surface area (TPSA) is 44.1 Å². The molecule has 1 unspecified atom stereocenters. The molecule has 5 heteroatoms. The molecule has 0 aliphatic carbocycles. The third-order valence-corrected chi connectivity index (χ3v) is 3.27. The van der Waals surface area contributed by atoms with Crippen molar-refractivity contribution in [3.8, 4) is 0 Å². The highest BCUT2D eigenvalue weighted by atomic mass is 19.1. The lowest BCUT2D eigenvalue weighted by molar-refractivity contribution is -0.0366. The van der Waals surface area contributed by atoms with Crippen LogP contribution in [-0.4, -0.2) is 22.7 Å². The summed E-state index contributed by atoms with van der Waals surface area (Å²) in [5.74, 6) is -0.429. The molecule has 1 aromatic carbocycles. The molecular formula is C13H13FN2O2. The van der Waals surface area contributed by atoms with Gasteiger partial charge in [0.15, 0.2) is 12.5 Å². The quantitative estimate of drug-likeness (QED) is 0.767. The number of fused-ring (bicyclic) bond motifs is 1. The maximum atomic E-state index is 13.5. The highest BCUT2D eigenvalue weighted by molar-refractivity contribution is 5.96. The van der Waals surface area contributed by atoms with E-state index >= 15 is 0 Å². The SMILES string of the molecule is O=Cc1cc(F)cc2c1cnn2C1CCCCO1. The first kappa shape index (κ1) is 11.3. The van der Waals surface area contributed by atoms with Crippen molar-refractivity contribution in [2.45, 2.75) is 25.5 Å². The summed E-state index contributed by atoms with van der Waals surface area (Å²) in [4.78, 5) is 10.9. The van der Waals surface area contributed by atoms with Gasteiger partial charge in [0.2, 0.25) is 0 Å². The molecule has 94 valence electrons. The van der Waals surface area contributed by atoms with Crippen LogP contribution >= 0.6 is 0 Å². The lowest BCUT2D eigenvalue weighted by Gasteiger charge is -2.23. The molecule has 0 N–H and O–H groups in total. The number of ether oxygens (including phenoxy) is 1. The van der Waals surface area contributed by atoms with E-state index in [4.69, 9.17) is 4.74 Å². The van der Waals surface area contributed by atoms with Crippen LogP contribution in [0.25, 0.3) is 10.9 Å². The van der Waals surface area contributed by atoms with Gasteiger partial charge in [-0.25, -0.2) is 9.07 Å².